The average Bonchev–Trinajstić information content (AvgIpc) is 2.68. The summed E-state index contributed by atoms with van der Waals surface area (Å²) in [6.07, 6.45) is 4.79. The number of unbranched alkanes of at least 4 members (excludes halogenated alkanes) is 1. The highest BCUT2D eigenvalue weighted by molar-refractivity contribution is 7.89. The molecule has 0 aromatic heterocycles. The van der Waals surface area contributed by atoms with Gasteiger partial charge >= 0.3 is 0 Å². The van der Waals surface area contributed by atoms with E-state index in [1.807, 2.05) is 0 Å². The molecule has 1 saturated heterocycles. The fraction of sp³-hybridized carbons (Fsp3) is 1.00. The van der Waals surface area contributed by atoms with Crippen molar-refractivity contribution in [3.63, 3.8) is 0 Å². The third-order valence-electron chi connectivity index (χ3n) is 3.12. The largest absolute Gasteiger partial charge is 0.214 e. The molecule has 1 fully saturated rings. The quantitative estimate of drug-likeness (QED) is 0.525. The van der Waals surface area contributed by atoms with E-state index in [2.05, 4.69) is 6.92 Å². The lowest BCUT2D eigenvalue weighted by Crippen LogP contribution is -2.31. The number of alkyl halides is 1. The Kier molecular flexibility index (Phi) is 6.08. The normalized spacial score (nSPS) is 22.8. The number of nitrogens with zero attached hydrogens (tertiary/aromatic N) is 1. The maximum Gasteiger partial charge on any atom is 0.214 e. The molecule has 0 aliphatic carbocycles. The predicted octanol–water partition coefficient (Wildman–Crippen LogP) is 2.46. The van der Waals surface area contributed by atoms with Crippen molar-refractivity contribution in [2.24, 2.45) is 5.92 Å². The van der Waals surface area contributed by atoms with Crippen LogP contribution in [-0.4, -0.2) is 37.4 Å². The zero-order valence-corrected chi connectivity index (χ0v) is 11.6. The first-order valence-electron chi connectivity index (χ1n) is 6.14. The Bertz CT molecular complexity index is 292. The zero-order valence-electron chi connectivity index (χ0n) is 9.99. The summed E-state index contributed by atoms with van der Waals surface area (Å²) in [6, 6.07) is 0. The van der Waals surface area contributed by atoms with E-state index < -0.39 is 10.0 Å². The molecule has 1 unspecified atom stereocenters. The van der Waals surface area contributed by atoms with Gasteiger partial charge in [-0.15, -0.1) is 11.6 Å². The van der Waals surface area contributed by atoms with Crippen LogP contribution in [0.25, 0.3) is 0 Å². The van der Waals surface area contributed by atoms with Gasteiger partial charge in [0.1, 0.15) is 0 Å². The number of hydrogen-bond donors (Lipinski definition) is 0. The number of halogens is 1. The minimum Gasteiger partial charge on any atom is -0.212 e. The van der Waals surface area contributed by atoms with Crippen LogP contribution in [0.15, 0.2) is 0 Å². The second-order valence-corrected chi connectivity index (χ2v) is 6.98. The van der Waals surface area contributed by atoms with E-state index >= 15 is 0 Å². The molecule has 0 bridgehead atoms. The summed E-state index contributed by atoms with van der Waals surface area (Å²) in [5.74, 6) is 1.39. The van der Waals surface area contributed by atoms with Crippen LogP contribution in [0.4, 0.5) is 0 Å². The van der Waals surface area contributed by atoms with Crippen LogP contribution in [0.1, 0.15) is 39.0 Å². The lowest BCUT2D eigenvalue weighted by molar-refractivity contribution is 0.443. The third-order valence-corrected chi connectivity index (χ3v) is 5.32. The molecule has 0 spiro atoms. The van der Waals surface area contributed by atoms with Crippen molar-refractivity contribution < 1.29 is 8.42 Å². The Labute approximate surface area is 104 Å². The molecule has 96 valence electrons. The van der Waals surface area contributed by atoms with Gasteiger partial charge in [0.2, 0.25) is 10.0 Å². The van der Waals surface area contributed by atoms with E-state index in [4.69, 9.17) is 11.6 Å². The molecule has 0 saturated carbocycles. The SMILES string of the molecule is CCCC1CCN(S(=O)(=O)CCCCCl)C1. The lowest BCUT2D eigenvalue weighted by atomic mass is 10.0. The van der Waals surface area contributed by atoms with Crippen molar-refractivity contribution in [2.45, 2.75) is 39.0 Å². The highest BCUT2D eigenvalue weighted by Crippen LogP contribution is 2.23. The number of hydrogen-bond acceptors (Lipinski definition) is 2. The van der Waals surface area contributed by atoms with Crippen molar-refractivity contribution in [3.8, 4) is 0 Å². The second-order valence-electron chi connectivity index (χ2n) is 4.51. The number of rotatable bonds is 7. The Hall–Kier alpha value is 0.200. The van der Waals surface area contributed by atoms with Gasteiger partial charge in [-0.1, -0.05) is 13.3 Å². The van der Waals surface area contributed by atoms with Gasteiger partial charge in [-0.05, 0) is 31.6 Å². The molecule has 1 rings (SSSR count). The summed E-state index contributed by atoms with van der Waals surface area (Å²) in [6.45, 7) is 3.60. The molecule has 0 aromatic carbocycles. The van der Waals surface area contributed by atoms with Gasteiger partial charge in [-0.3, -0.25) is 0 Å². The van der Waals surface area contributed by atoms with Crippen LogP contribution in [0.5, 0.6) is 0 Å². The van der Waals surface area contributed by atoms with Gasteiger partial charge in [0.15, 0.2) is 0 Å². The molecule has 16 heavy (non-hydrogen) atoms. The van der Waals surface area contributed by atoms with E-state index in [9.17, 15) is 8.42 Å². The summed E-state index contributed by atoms with van der Waals surface area (Å²) in [4.78, 5) is 0. The molecular weight excluding hydrogens is 246 g/mol. The molecule has 3 nitrogen and oxygen atoms in total. The van der Waals surface area contributed by atoms with Crippen LogP contribution in [0.2, 0.25) is 0 Å². The third kappa shape index (κ3) is 4.22. The lowest BCUT2D eigenvalue weighted by Gasteiger charge is -2.16. The minimum atomic E-state index is -3.01. The summed E-state index contributed by atoms with van der Waals surface area (Å²) in [7, 11) is -3.01. The molecule has 1 aliphatic heterocycles. The highest BCUT2D eigenvalue weighted by Gasteiger charge is 2.30. The average molecular weight is 268 g/mol. The molecule has 1 atom stereocenters. The van der Waals surface area contributed by atoms with Crippen molar-refractivity contribution in [2.75, 3.05) is 24.7 Å². The fourth-order valence-electron chi connectivity index (χ4n) is 2.20. The molecule has 0 N–H and O–H groups in total. The standard InChI is InChI=1S/C11H22ClNO2S/c1-2-5-11-6-8-13(10-11)16(14,15)9-4-3-7-12/h11H,2-10H2,1H3. The van der Waals surface area contributed by atoms with Crippen molar-refractivity contribution in [3.05, 3.63) is 0 Å². The molecule has 0 radical (unpaired) electrons. The van der Waals surface area contributed by atoms with Gasteiger partial charge in [-0.25, -0.2) is 12.7 Å². The van der Waals surface area contributed by atoms with Crippen LogP contribution in [0, 0.1) is 5.92 Å². The van der Waals surface area contributed by atoms with Gasteiger partial charge in [-0.2, -0.15) is 0 Å². The van der Waals surface area contributed by atoms with E-state index in [1.54, 1.807) is 4.31 Å². The highest BCUT2D eigenvalue weighted by atomic mass is 35.5. The minimum absolute atomic E-state index is 0.262. The first-order valence-corrected chi connectivity index (χ1v) is 8.28. The maximum atomic E-state index is 11.9. The maximum absolute atomic E-state index is 11.9. The zero-order chi connectivity index (χ0) is 12.0. The van der Waals surface area contributed by atoms with E-state index in [0.717, 1.165) is 32.2 Å². The summed E-state index contributed by atoms with van der Waals surface area (Å²) in [5.41, 5.74) is 0. The van der Waals surface area contributed by atoms with Crippen LogP contribution >= 0.6 is 11.6 Å². The van der Waals surface area contributed by atoms with Crippen LogP contribution in [-0.2, 0) is 10.0 Å². The first-order chi connectivity index (χ1) is 7.60. The number of sulfonamides is 1. The van der Waals surface area contributed by atoms with Gasteiger partial charge < -0.3 is 0 Å². The molecule has 5 heteroatoms. The first kappa shape index (κ1) is 14.3. The molecule has 1 heterocycles. The van der Waals surface area contributed by atoms with Crippen LogP contribution < -0.4 is 0 Å². The summed E-state index contributed by atoms with van der Waals surface area (Å²) >= 11 is 5.55. The Morgan fingerprint density at radius 2 is 2.12 bits per heavy atom. The molecule has 0 amide bonds. The predicted molar refractivity (Wildman–Crippen MR) is 68.3 cm³/mol. The smallest absolute Gasteiger partial charge is 0.212 e. The summed E-state index contributed by atoms with van der Waals surface area (Å²) in [5, 5.41) is 0. The Morgan fingerprint density at radius 1 is 1.38 bits per heavy atom. The van der Waals surface area contributed by atoms with Crippen molar-refractivity contribution in [1.82, 2.24) is 4.31 Å². The van der Waals surface area contributed by atoms with Gasteiger partial charge in [0.05, 0.1) is 5.75 Å². The van der Waals surface area contributed by atoms with Crippen molar-refractivity contribution in [1.29, 1.82) is 0 Å². The second kappa shape index (κ2) is 6.82. The van der Waals surface area contributed by atoms with E-state index in [-0.39, 0.29) is 5.75 Å². The van der Waals surface area contributed by atoms with Gasteiger partial charge in [0.25, 0.3) is 0 Å². The fourth-order valence-corrected chi connectivity index (χ4v) is 4.04. The molecule has 0 aromatic rings. The van der Waals surface area contributed by atoms with Crippen molar-refractivity contribution >= 4 is 21.6 Å². The molecular formula is C11H22ClNO2S. The topological polar surface area (TPSA) is 37.4 Å². The summed E-state index contributed by atoms with van der Waals surface area (Å²) < 4.78 is 25.5. The van der Waals surface area contributed by atoms with E-state index in [0.29, 0.717) is 24.8 Å². The van der Waals surface area contributed by atoms with Crippen LogP contribution in [0.3, 0.4) is 0 Å². The molecule has 1 aliphatic rings. The van der Waals surface area contributed by atoms with E-state index in [1.165, 1.54) is 0 Å². The van der Waals surface area contributed by atoms with Gasteiger partial charge in [0, 0.05) is 19.0 Å². The monoisotopic (exact) mass is 267 g/mol. The Balaban J connectivity index is 2.39. The Morgan fingerprint density at radius 3 is 2.75 bits per heavy atom.